The van der Waals surface area contributed by atoms with Gasteiger partial charge in [0, 0.05) is 42.5 Å². The van der Waals surface area contributed by atoms with Crippen molar-refractivity contribution in [2.75, 3.05) is 26.3 Å². The summed E-state index contributed by atoms with van der Waals surface area (Å²) >= 11 is 6.47. The van der Waals surface area contributed by atoms with E-state index in [1.165, 1.54) is 18.5 Å². The highest BCUT2D eigenvalue weighted by Crippen LogP contribution is 2.31. The summed E-state index contributed by atoms with van der Waals surface area (Å²) in [5.74, 6) is 0.841. The Kier molecular flexibility index (Phi) is 8.67. The zero-order chi connectivity index (χ0) is 27.1. The van der Waals surface area contributed by atoms with Gasteiger partial charge in [0.2, 0.25) is 5.91 Å². The lowest BCUT2D eigenvalue weighted by Crippen LogP contribution is -2.40. The van der Waals surface area contributed by atoms with Crippen molar-refractivity contribution >= 4 is 41.1 Å². The van der Waals surface area contributed by atoms with Crippen LogP contribution in [0.3, 0.4) is 0 Å². The van der Waals surface area contributed by atoms with Gasteiger partial charge in [-0.25, -0.2) is 15.0 Å². The molecule has 0 radical (unpaired) electrons. The number of halogens is 1. The molecule has 196 valence electrons. The SMILES string of the molecule is C=N\C(N)=C/C=C(C)/C=C/C(=O)NCc1cc2cc(-c3ncc(C(=O)N4CCOCC4)cn3)cc(Cl)c2o1. The standard InChI is InChI=1S/C27H27ClN6O4/c1-17(3-5-23(29)30-2)4-6-24(35)31-16-21-12-18-11-19(13-22(28)25(18)38-21)26-32-14-20(15-33-26)27(36)34-7-9-37-10-8-34/h3-6,11-15H,2,7-10,16,29H2,1H3,(H,31,35)/b6-4+,17-3+,23-5-. The maximum Gasteiger partial charge on any atom is 0.257 e. The highest BCUT2D eigenvalue weighted by atomic mass is 35.5. The number of fused-ring (bicyclic) bond motifs is 1. The van der Waals surface area contributed by atoms with Gasteiger partial charge < -0.3 is 25.1 Å². The van der Waals surface area contributed by atoms with E-state index in [-0.39, 0.29) is 24.2 Å². The lowest BCUT2D eigenvalue weighted by atomic mass is 10.1. The molecule has 1 aliphatic heterocycles. The number of allylic oxidation sites excluding steroid dienone is 4. The van der Waals surface area contributed by atoms with Crippen molar-refractivity contribution in [1.82, 2.24) is 20.2 Å². The molecule has 0 unspecified atom stereocenters. The summed E-state index contributed by atoms with van der Waals surface area (Å²) in [7, 11) is 0. The van der Waals surface area contributed by atoms with Gasteiger partial charge in [0.25, 0.3) is 5.91 Å². The van der Waals surface area contributed by atoms with Crippen LogP contribution in [0.4, 0.5) is 0 Å². The third-order valence-electron chi connectivity index (χ3n) is 5.71. The molecule has 3 aromatic rings. The van der Waals surface area contributed by atoms with E-state index in [1.54, 1.807) is 35.3 Å². The van der Waals surface area contributed by atoms with Gasteiger partial charge in [0.1, 0.15) is 11.6 Å². The van der Waals surface area contributed by atoms with Gasteiger partial charge >= 0.3 is 0 Å². The second kappa shape index (κ2) is 12.3. The maximum atomic E-state index is 12.6. The second-order valence-corrected chi connectivity index (χ2v) is 8.91. The fourth-order valence-electron chi connectivity index (χ4n) is 3.68. The van der Waals surface area contributed by atoms with E-state index in [4.69, 9.17) is 26.5 Å². The van der Waals surface area contributed by atoms with Crippen LogP contribution < -0.4 is 11.1 Å². The number of nitrogens with zero attached hydrogens (tertiary/aromatic N) is 4. The molecule has 0 spiro atoms. The number of ether oxygens (including phenoxy) is 1. The number of nitrogens with one attached hydrogen (secondary N) is 1. The minimum Gasteiger partial charge on any atom is -0.458 e. The number of furan rings is 1. The van der Waals surface area contributed by atoms with Gasteiger partial charge in [0.15, 0.2) is 11.4 Å². The van der Waals surface area contributed by atoms with E-state index in [2.05, 4.69) is 27.0 Å². The maximum absolute atomic E-state index is 12.6. The molecule has 38 heavy (non-hydrogen) atoms. The van der Waals surface area contributed by atoms with Crippen LogP contribution in [-0.4, -0.2) is 59.7 Å². The van der Waals surface area contributed by atoms with Crippen LogP contribution in [0.5, 0.6) is 0 Å². The molecule has 10 nitrogen and oxygen atoms in total. The van der Waals surface area contributed by atoms with Crippen molar-refractivity contribution < 1.29 is 18.7 Å². The van der Waals surface area contributed by atoms with Crippen LogP contribution in [0.2, 0.25) is 5.02 Å². The van der Waals surface area contributed by atoms with Gasteiger partial charge in [0.05, 0.1) is 30.3 Å². The van der Waals surface area contributed by atoms with E-state index in [0.717, 1.165) is 11.0 Å². The molecular weight excluding hydrogens is 508 g/mol. The summed E-state index contributed by atoms with van der Waals surface area (Å²) in [5, 5.41) is 3.90. The number of benzene rings is 1. The first-order valence-corrected chi connectivity index (χ1v) is 12.2. The molecule has 0 atom stereocenters. The number of amides is 2. The summed E-state index contributed by atoms with van der Waals surface area (Å²) in [4.78, 5) is 38.9. The summed E-state index contributed by atoms with van der Waals surface area (Å²) < 4.78 is 11.1. The van der Waals surface area contributed by atoms with Crippen LogP contribution in [0.15, 0.2) is 75.7 Å². The molecule has 2 aromatic heterocycles. The minimum absolute atomic E-state index is 0.123. The van der Waals surface area contributed by atoms with Crippen LogP contribution in [0.1, 0.15) is 23.0 Å². The highest BCUT2D eigenvalue weighted by molar-refractivity contribution is 6.35. The van der Waals surface area contributed by atoms with Gasteiger partial charge in [-0.15, -0.1) is 0 Å². The molecule has 11 heteroatoms. The molecule has 0 aliphatic carbocycles. The predicted octanol–water partition coefficient (Wildman–Crippen LogP) is 3.64. The van der Waals surface area contributed by atoms with E-state index < -0.39 is 0 Å². The molecule has 0 saturated carbocycles. The number of carbonyl (C=O) groups is 2. The normalized spacial score (nSPS) is 14.7. The van der Waals surface area contributed by atoms with E-state index in [9.17, 15) is 9.59 Å². The molecule has 0 bridgehead atoms. The first kappa shape index (κ1) is 26.8. The molecule has 1 aromatic carbocycles. The fourth-order valence-corrected chi connectivity index (χ4v) is 3.95. The smallest absolute Gasteiger partial charge is 0.257 e. The van der Waals surface area contributed by atoms with Crippen molar-refractivity contribution in [2.24, 2.45) is 10.7 Å². The number of hydrogen-bond acceptors (Lipinski definition) is 8. The van der Waals surface area contributed by atoms with E-state index >= 15 is 0 Å². The number of aliphatic imine (C=N–C) groups is 1. The molecule has 4 rings (SSSR count). The molecule has 1 fully saturated rings. The Morgan fingerprint density at radius 3 is 2.63 bits per heavy atom. The van der Waals surface area contributed by atoms with Crippen LogP contribution in [-0.2, 0) is 16.1 Å². The van der Waals surface area contributed by atoms with Gasteiger partial charge in [-0.05, 0) is 37.9 Å². The topological polar surface area (TPSA) is 136 Å². The number of carbonyl (C=O) groups excluding carboxylic acids is 2. The van der Waals surface area contributed by atoms with Crippen molar-refractivity contribution in [3.8, 4) is 11.4 Å². The monoisotopic (exact) mass is 534 g/mol. The Morgan fingerprint density at radius 1 is 1.18 bits per heavy atom. The molecule has 1 aliphatic rings. The summed E-state index contributed by atoms with van der Waals surface area (Å²) in [5.41, 5.74) is 7.96. The Labute approximate surface area is 224 Å². The molecule has 3 N–H and O–H groups in total. The Hall–Kier alpha value is -4.28. The van der Waals surface area contributed by atoms with E-state index in [1.807, 2.05) is 13.0 Å². The quantitative estimate of drug-likeness (QED) is 0.256. The van der Waals surface area contributed by atoms with Crippen molar-refractivity contribution in [3.63, 3.8) is 0 Å². The third kappa shape index (κ3) is 6.72. The van der Waals surface area contributed by atoms with Crippen molar-refractivity contribution in [3.05, 3.63) is 82.6 Å². The summed E-state index contributed by atoms with van der Waals surface area (Å²) in [6, 6.07) is 5.35. The number of nitrogens with two attached hydrogens (primary N) is 1. The van der Waals surface area contributed by atoms with Gasteiger partial charge in [-0.1, -0.05) is 29.3 Å². The molecular formula is C27H27ClN6O4. The minimum atomic E-state index is -0.288. The van der Waals surface area contributed by atoms with Crippen LogP contribution in [0.25, 0.3) is 22.4 Å². The van der Waals surface area contributed by atoms with Crippen molar-refractivity contribution in [2.45, 2.75) is 13.5 Å². The largest absolute Gasteiger partial charge is 0.458 e. The van der Waals surface area contributed by atoms with Gasteiger partial charge in [-0.2, -0.15) is 0 Å². The van der Waals surface area contributed by atoms with Crippen LogP contribution in [0, 0.1) is 0 Å². The van der Waals surface area contributed by atoms with E-state index in [0.29, 0.717) is 59.6 Å². The highest BCUT2D eigenvalue weighted by Gasteiger charge is 2.19. The van der Waals surface area contributed by atoms with Gasteiger partial charge in [-0.3, -0.25) is 9.59 Å². The fraction of sp³-hybridized carbons (Fsp3) is 0.222. The molecule has 1 saturated heterocycles. The Balaban J connectivity index is 1.42. The first-order valence-electron chi connectivity index (χ1n) is 11.8. The third-order valence-corrected chi connectivity index (χ3v) is 5.99. The number of aromatic nitrogens is 2. The predicted molar refractivity (Wildman–Crippen MR) is 146 cm³/mol. The Morgan fingerprint density at radius 2 is 1.92 bits per heavy atom. The zero-order valence-electron chi connectivity index (χ0n) is 20.8. The second-order valence-electron chi connectivity index (χ2n) is 8.50. The molecule has 2 amide bonds. The number of hydrogen-bond donors (Lipinski definition) is 2. The summed E-state index contributed by atoms with van der Waals surface area (Å²) in [6.45, 7) is 7.48. The number of morpholine rings is 1. The van der Waals surface area contributed by atoms with Crippen molar-refractivity contribution in [1.29, 1.82) is 0 Å². The molecule has 3 heterocycles. The lowest BCUT2D eigenvalue weighted by molar-refractivity contribution is -0.116. The average molecular weight is 535 g/mol. The van der Waals surface area contributed by atoms with Crippen LogP contribution >= 0.6 is 11.6 Å². The zero-order valence-corrected chi connectivity index (χ0v) is 21.6. The summed E-state index contributed by atoms with van der Waals surface area (Å²) in [6.07, 6.45) is 9.42. The Bertz CT molecular complexity index is 1440. The average Bonchev–Trinajstić information content (AvgIpc) is 3.37. The first-order chi connectivity index (χ1) is 18.3. The lowest BCUT2D eigenvalue weighted by Gasteiger charge is -2.26. The number of rotatable bonds is 8.